The number of aryl methyl sites for hydroxylation is 1. The van der Waals surface area contributed by atoms with E-state index in [0.717, 1.165) is 10.0 Å². The molecule has 0 bridgehead atoms. The first-order valence-electron chi connectivity index (χ1n) is 7.66. The normalized spacial score (nSPS) is 10.4. The lowest BCUT2D eigenvalue weighted by atomic mass is 10.1. The van der Waals surface area contributed by atoms with Gasteiger partial charge in [-0.2, -0.15) is 0 Å². The van der Waals surface area contributed by atoms with E-state index < -0.39 is 0 Å². The van der Waals surface area contributed by atoms with Crippen molar-refractivity contribution < 1.29 is 9.59 Å². The molecule has 2 aromatic carbocycles. The van der Waals surface area contributed by atoms with Gasteiger partial charge in [0.2, 0.25) is 0 Å². The second-order valence-electron chi connectivity index (χ2n) is 5.36. The largest absolute Gasteiger partial charge is 0.322 e. The number of anilines is 1. The molecule has 0 radical (unpaired) electrons. The lowest BCUT2D eigenvalue weighted by Gasteiger charge is -2.06. The molecule has 4 nitrogen and oxygen atoms in total. The van der Waals surface area contributed by atoms with Crippen LogP contribution in [-0.2, 0) is 0 Å². The van der Waals surface area contributed by atoms with Gasteiger partial charge in [-0.25, -0.2) is 4.98 Å². The smallest absolute Gasteiger partial charge is 0.255 e. The summed E-state index contributed by atoms with van der Waals surface area (Å²) >= 11 is 2.99. The van der Waals surface area contributed by atoms with Crippen LogP contribution in [-0.4, -0.2) is 22.4 Å². The molecular weight excluding hydrogens is 352 g/mol. The van der Waals surface area contributed by atoms with Crippen molar-refractivity contribution in [1.29, 1.82) is 0 Å². The summed E-state index contributed by atoms with van der Waals surface area (Å²) in [4.78, 5) is 28.7. The van der Waals surface area contributed by atoms with E-state index in [0.29, 0.717) is 22.6 Å². The maximum Gasteiger partial charge on any atom is 0.255 e. The average Bonchev–Trinajstić information content (AvgIpc) is 3.06. The van der Waals surface area contributed by atoms with Crippen molar-refractivity contribution in [3.05, 3.63) is 76.8 Å². The third-order valence-electron chi connectivity index (χ3n) is 3.43. The highest BCUT2D eigenvalue weighted by atomic mass is 32.2. The zero-order valence-corrected chi connectivity index (χ0v) is 15.2. The summed E-state index contributed by atoms with van der Waals surface area (Å²) in [6.07, 6.45) is 0. The van der Waals surface area contributed by atoms with E-state index in [4.69, 9.17) is 0 Å². The van der Waals surface area contributed by atoms with Gasteiger partial charge in [0, 0.05) is 27.9 Å². The molecule has 0 atom stereocenters. The molecule has 1 amide bonds. The van der Waals surface area contributed by atoms with E-state index in [1.807, 2.05) is 30.5 Å². The SMILES string of the molecule is Cc1csc(SCC(=O)c2ccc(NC(=O)c3ccccc3)cc2)n1. The number of aromatic nitrogens is 1. The number of thioether (sulfide) groups is 1. The summed E-state index contributed by atoms with van der Waals surface area (Å²) < 4.78 is 0.901. The van der Waals surface area contributed by atoms with E-state index in [1.54, 1.807) is 47.7 Å². The van der Waals surface area contributed by atoms with Crippen LogP contribution in [0.3, 0.4) is 0 Å². The number of carbonyl (C=O) groups excluding carboxylic acids is 2. The number of hydrogen-bond acceptors (Lipinski definition) is 5. The van der Waals surface area contributed by atoms with Gasteiger partial charge in [0.1, 0.15) is 0 Å². The fourth-order valence-corrected chi connectivity index (χ4v) is 3.89. The molecular formula is C19H16N2O2S2. The molecule has 25 heavy (non-hydrogen) atoms. The molecule has 3 aromatic rings. The Hall–Kier alpha value is -2.44. The van der Waals surface area contributed by atoms with Gasteiger partial charge in [0.25, 0.3) is 5.91 Å². The molecule has 3 rings (SSSR count). The van der Waals surface area contributed by atoms with Crippen LogP contribution in [0.5, 0.6) is 0 Å². The predicted octanol–water partition coefficient (Wildman–Crippen LogP) is 4.68. The Kier molecular flexibility index (Phi) is 5.63. The van der Waals surface area contributed by atoms with Crippen molar-refractivity contribution in [1.82, 2.24) is 4.98 Å². The number of amides is 1. The second kappa shape index (κ2) is 8.09. The Bertz CT molecular complexity index is 874. The monoisotopic (exact) mass is 368 g/mol. The zero-order chi connectivity index (χ0) is 17.6. The molecule has 0 aliphatic rings. The summed E-state index contributed by atoms with van der Waals surface area (Å²) in [5.74, 6) is 0.219. The number of rotatable bonds is 6. The number of benzene rings is 2. The minimum atomic E-state index is -0.172. The van der Waals surface area contributed by atoms with Crippen LogP contribution >= 0.6 is 23.1 Å². The van der Waals surface area contributed by atoms with Crippen molar-refractivity contribution in [2.45, 2.75) is 11.3 Å². The first-order valence-corrected chi connectivity index (χ1v) is 9.53. The molecule has 126 valence electrons. The first-order chi connectivity index (χ1) is 12.1. The van der Waals surface area contributed by atoms with Crippen molar-refractivity contribution in [2.75, 3.05) is 11.1 Å². The van der Waals surface area contributed by atoms with E-state index in [-0.39, 0.29) is 11.7 Å². The summed E-state index contributed by atoms with van der Waals surface area (Å²) in [6, 6.07) is 16.0. The van der Waals surface area contributed by atoms with Gasteiger partial charge in [-0.05, 0) is 43.3 Å². The van der Waals surface area contributed by atoms with Crippen molar-refractivity contribution in [3.63, 3.8) is 0 Å². The molecule has 1 aromatic heterocycles. The van der Waals surface area contributed by atoms with E-state index in [2.05, 4.69) is 10.3 Å². The predicted molar refractivity (Wildman–Crippen MR) is 103 cm³/mol. The van der Waals surface area contributed by atoms with E-state index in [9.17, 15) is 9.59 Å². The third-order valence-corrected chi connectivity index (χ3v) is 5.56. The van der Waals surface area contributed by atoms with Crippen molar-refractivity contribution in [3.8, 4) is 0 Å². The third kappa shape index (κ3) is 4.78. The molecule has 0 spiro atoms. The first kappa shape index (κ1) is 17.4. The number of ketones is 1. The van der Waals surface area contributed by atoms with Crippen LogP contribution in [0, 0.1) is 6.92 Å². The van der Waals surface area contributed by atoms with Gasteiger partial charge in [-0.3, -0.25) is 9.59 Å². The van der Waals surface area contributed by atoms with Gasteiger partial charge >= 0.3 is 0 Å². The molecule has 0 unspecified atom stereocenters. The van der Waals surface area contributed by atoms with Crippen LogP contribution in [0.1, 0.15) is 26.4 Å². The maximum atomic E-state index is 12.2. The number of nitrogens with zero attached hydrogens (tertiary/aromatic N) is 1. The molecule has 6 heteroatoms. The van der Waals surface area contributed by atoms with Crippen molar-refractivity contribution in [2.24, 2.45) is 0 Å². The van der Waals surface area contributed by atoms with Gasteiger partial charge in [-0.1, -0.05) is 30.0 Å². The fourth-order valence-electron chi connectivity index (χ4n) is 2.14. The van der Waals surface area contributed by atoms with Crippen LogP contribution in [0.2, 0.25) is 0 Å². The minimum absolute atomic E-state index is 0.0405. The van der Waals surface area contributed by atoms with Crippen LogP contribution in [0.15, 0.2) is 64.3 Å². The summed E-state index contributed by atoms with van der Waals surface area (Å²) in [6.45, 7) is 1.94. The molecule has 0 aliphatic heterocycles. The van der Waals surface area contributed by atoms with Gasteiger partial charge in [-0.15, -0.1) is 11.3 Å². The second-order valence-corrected chi connectivity index (χ2v) is 7.44. The summed E-state index contributed by atoms with van der Waals surface area (Å²) in [7, 11) is 0. The zero-order valence-electron chi connectivity index (χ0n) is 13.6. The Morgan fingerprint density at radius 2 is 1.76 bits per heavy atom. The number of thiazole rings is 1. The quantitative estimate of drug-likeness (QED) is 0.507. The highest BCUT2D eigenvalue weighted by Crippen LogP contribution is 2.23. The average molecular weight is 368 g/mol. The Labute approximate surface area is 154 Å². The molecule has 0 saturated heterocycles. The molecule has 0 aliphatic carbocycles. The number of hydrogen-bond donors (Lipinski definition) is 1. The van der Waals surface area contributed by atoms with Gasteiger partial charge < -0.3 is 5.32 Å². The van der Waals surface area contributed by atoms with Crippen LogP contribution < -0.4 is 5.32 Å². The van der Waals surface area contributed by atoms with E-state index in [1.165, 1.54) is 11.8 Å². The summed E-state index contributed by atoms with van der Waals surface area (Å²) in [5.41, 5.74) is 2.85. The number of nitrogens with one attached hydrogen (secondary N) is 1. The molecule has 1 heterocycles. The van der Waals surface area contributed by atoms with Crippen molar-refractivity contribution >= 4 is 40.5 Å². The topological polar surface area (TPSA) is 59.1 Å². The fraction of sp³-hybridized carbons (Fsp3) is 0.105. The van der Waals surface area contributed by atoms with E-state index >= 15 is 0 Å². The molecule has 0 saturated carbocycles. The Morgan fingerprint density at radius 1 is 1.04 bits per heavy atom. The highest BCUT2D eigenvalue weighted by Gasteiger charge is 2.10. The Morgan fingerprint density at radius 3 is 2.40 bits per heavy atom. The number of carbonyl (C=O) groups is 2. The Balaban J connectivity index is 1.58. The van der Waals surface area contributed by atoms with Crippen LogP contribution in [0.4, 0.5) is 5.69 Å². The highest BCUT2D eigenvalue weighted by molar-refractivity contribution is 8.01. The standard InChI is InChI=1S/C19H16N2O2S2/c1-13-11-24-19(20-13)25-12-17(22)14-7-9-16(10-8-14)21-18(23)15-5-3-2-4-6-15/h2-11H,12H2,1H3,(H,21,23). The van der Waals surface area contributed by atoms with Crippen LogP contribution in [0.25, 0.3) is 0 Å². The summed E-state index contributed by atoms with van der Waals surface area (Å²) in [5, 5.41) is 4.79. The minimum Gasteiger partial charge on any atom is -0.322 e. The molecule has 1 N–H and O–H groups in total. The maximum absolute atomic E-state index is 12.2. The molecule has 0 fully saturated rings. The number of Topliss-reactive ketones (excluding diaryl/α,β-unsaturated/α-hetero) is 1. The lowest BCUT2D eigenvalue weighted by molar-refractivity contribution is 0.101. The van der Waals surface area contributed by atoms with Gasteiger partial charge in [0.15, 0.2) is 10.1 Å². The lowest BCUT2D eigenvalue weighted by Crippen LogP contribution is -2.11. The van der Waals surface area contributed by atoms with Gasteiger partial charge in [0.05, 0.1) is 5.75 Å².